The highest BCUT2D eigenvalue weighted by Crippen LogP contribution is 2.55. The molecular weight excluding hydrogens is 550 g/mol. The number of thioether (sulfide) groups is 1. The monoisotopic (exact) mass is 578 g/mol. The van der Waals surface area contributed by atoms with Crippen LogP contribution in [0.5, 0.6) is 0 Å². The summed E-state index contributed by atoms with van der Waals surface area (Å²) >= 11 is 1.38. The molecule has 214 valence electrons. The summed E-state index contributed by atoms with van der Waals surface area (Å²) in [5, 5.41) is 6.26. The zero-order valence-electron chi connectivity index (χ0n) is 21.2. The first-order valence-electron chi connectivity index (χ1n) is 12.1. The zero-order chi connectivity index (χ0) is 28.8. The Balaban J connectivity index is 0.000000438. The van der Waals surface area contributed by atoms with Crippen LogP contribution in [-0.2, 0) is 27.9 Å². The Hall–Kier alpha value is -2.74. The molecule has 39 heavy (non-hydrogen) atoms. The molecule has 0 spiro atoms. The van der Waals surface area contributed by atoms with Crippen LogP contribution < -0.4 is 11.1 Å². The third kappa shape index (κ3) is 6.53. The minimum atomic E-state index is -5.05. The maximum Gasteiger partial charge on any atom is 0.420 e. The van der Waals surface area contributed by atoms with Crippen LogP contribution in [0.4, 0.5) is 32.0 Å². The average Bonchev–Trinajstić information content (AvgIpc) is 3.37. The summed E-state index contributed by atoms with van der Waals surface area (Å²) in [5.41, 5.74) is -1.34. The van der Waals surface area contributed by atoms with Gasteiger partial charge in [-0.3, -0.25) is 14.3 Å². The number of anilines is 1. The minimum absolute atomic E-state index is 0.000000000000000222. The number of nitrogens with zero attached hydrogens (tertiary/aromatic N) is 2. The van der Waals surface area contributed by atoms with Gasteiger partial charge < -0.3 is 15.8 Å². The Kier molecular flexibility index (Phi) is 7.76. The van der Waals surface area contributed by atoms with Gasteiger partial charge in [-0.2, -0.15) is 18.3 Å². The Morgan fingerprint density at radius 1 is 1.21 bits per heavy atom. The van der Waals surface area contributed by atoms with Gasteiger partial charge in [-0.15, -0.1) is 11.8 Å². The summed E-state index contributed by atoms with van der Waals surface area (Å²) in [7, 11) is 0. The molecule has 1 saturated heterocycles. The molecule has 0 unspecified atom stereocenters. The average molecular weight is 579 g/mol. The van der Waals surface area contributed by atoms with E-state index in [0.717, 1.165) is 9.58 Å². The highest BCUT2D eigenvalue weighted by molar-refractivity contribution is 7.98. The Morgan fingerprint density at radius 2 is 1.85 bits per heavy atom. The van der Waals surface area contributed by atoms with Crippen LogP contribution in [0, 0.1) is 11.3 Å². The molecule has 1 aromatic carbocycles. The summed E-state index contributed by atoms with van der Waals surface area (Å²) in [6.07, 6.45) is -4.62. The topological polar surface area (TPSA) is 99.2 Å². The van der Waals surface area contributed by atoms with Gasteiger partial charge in [0.05, 0.1) is 19.1 Å². The second-order valence-electron chi connectivity index (χ2n) is 10.5. The molecule has 2 heterocycles. The van der Waals surface area contributed by atoms with Crippen LogP contribution in [0.3, 0.4) is 0 Å². The molecule has 0 atom stereocenters. The normalized spacial score (nSPS) is 20.6. The lowest BCUT2D eigenvalue weighted by Crippen LogP contribution is -2.47. The van der Waals surface area contributed by atoms with Gasteiger partial charge in [0.2, 0.25) is 11.8 Å². The number of hydrogen-bond acceptors (Lipinski definition) is 5. The predicted octanol–water partition coefficient (Wildman–Crippen LogP) is 5.39. The first-order chi connectivity index (χ1) is 18.1. The fourth-order valence-electron chi connectivity index (χ4n) is 4.70. The van der Waals surface area contributed by atoms with E-state index in [1.807, 2.05) is 0 Å². The van der Waals surface area contributed by atoms with Crippen molar-refractivity contribution in [3.8, 4) is 0 Å². The van der Waals surface area contributed by atoms with Crippen LogP contribution >= 0.6 is 11.8 Å². The second-order valence-corrected chi connectivity index (χ2v) is 11.4. The Labute approximate surface area is 224 Å². The summed E-state index contributed by atoms with van der Waals surface area (Å²) in [5.74, 6) is -4.28. The van der Waals surface area contributed by atoms with Crippen molar-refractivity contribution >= 4 is 29.3 Å². The molecule has 3 N–H and O–H groups in total. The number of rotatable bonds is 7. The summed E-state index contributed by atoms with van der Waals surface area (Å²) in [4.78, 5) is 23.9. The molecule has 14 heteroatoms. The van der Waals surface area contributed by atoms with E-state index in [1.54, 1.807) is 24.5 Å². The third-order valence-corrected chi connectivity index (χ3v) is 7.56. The fraction of sp³-hybridized carbons (Fsp3) is 0.560. The number of carbonyl (C=O) groups is 2. The van der Waals surface area contributed by atoms with Gasteiger partial charge in [-0.25, -0.2) is 13.2 Å². The van der Waals surface area contributed by atoms with Gasteiger partial charge in [0.25, 0.3) is 5.91 Å². The van der Waals surface area contributed by atoms with Crippen LogP contribution in [-0.4, -0.2) is 47.0 Å². The molecular formula is C25H28F6N4O3S. The van der Waals surface area contributed by atoms with Crippen LogP contribution in [0.25, 0.3) is 0 Å². The maximum atomic E-state index is 14.8. The van der Waals surface area contributed by atoms with Crippen molar-refractivity contribution in [2.24, 2.45) is 17.1 Å². The Morgan fingerprint density at radius 3 is 2.28 bits per heavy atom. The van der Waals surface area contributed by atoms with E-state index < -0.39 is 58.9 Å². The first kappa shape index (κ1) is 29.2. The van der Waals surface area contributed by atoms with Gasteiger partial charge in [-0.1, -0.05) is 13.0 Å². The fourth-order valence-corrected chi connectivity index (χ4v) is 5.16. The lowest BCUT2D eigenvalue weighted by molar-refractivity contribution is -0.160. The second kappa shape index (κ2) is 10.3. The number of benzene rings is 1. The molecule has 7 nitrogen and oxygen atoms in total. The third-order valence-electron chi connectivity index (χ3n) is 6.83. The molecule has 1 aromatic heterocycles. The van der Waals surface area contributed by atoms with Crippen molar-refractivity contribution in [2.75, 3.05) is 24.8 Å². The van der Waals surface area contributed by atoms with Crippen molar-refractivity contribution in [2.45, 2.75) is 61.8 Å². The molecule has 2 saturated carbocycles. The van der Waals surface area contributed by atoms with Crippen molar-refractivity contribution in [3.05, 3.63) is 41.2 Å². The van der Waals surface area contributed by atoms with Gasteiger partial charge >= 0.3 is 6.18 Å². The molecule has 2 aliphatic carbocycles. The molecule has 0 bridgehead atoms. The van der Waals surface area contributed by atoms with E-state index >= 15 is 0 Å². The van der Waals surface area contributed by atoms with Gasteiger partial charge in [0, 0.05) is 30.0 Å². The van der Waals surface area contributed by atoms with E-state index in [0.29, 0.717) is 13.2 Å². The van der Waals surface area contributed by atoms with Gasteiger partial charge in [0.1, 0.15) is 17.0 Å². The SMILES string of the molecule is CSc1cccc(NC(=O)c2c(C(F)(F)F)c(C3(F)CC3)nn2CC2(C)CC(F)(F)C2)c1.NC(=O)C1COC1. The number of nitrogens with two attached hydrogens (primary N) is 1. The van der Waals surface area contributed by atoms with E-state index in [9.17, 15) is 35.9 Å². The first-order valence-corrected chi connectivity index (χ1v) is 13.4. The minimum Gasteiger partial charge on any atom is -0.380 e. The van der Waals surface area contributed by atoms with E-state index in [-0.39, 0.29) is 36.9 Å². The molecule has 3 aliphatic rings. The van der Waals surface area contributed by atoms with Crippen LogP contribution in [0.15, 0.2) is 29.2 Å². The maximum absolute atomic E-state index is 14.8. The molecule has 3 fully saturated rings. The van der Waals surface area contributed by atoms with Crippen molar-refractivity contribution in [1.82, 2.24) is 9.78 Å². The smallest absolute Gasteiger partial charge is 0.380 e. The van der Waals surface area contributed by atoms with Crippen LogP contribution in [0.1, 0.15) is 54.4 Å². The van der Waals surface area contributed by atoms with Gasteiger partial charge in [-0.05, 0) is 42.7 Å². The highest BCUT2D eigenvalue weighted by atomic mass is 32.2. The van der Waals surface area contributed by atoms with Gasteiger partial charge in [0.15, 0.2) is 5.67 Å². The summed E-state index contributed by atoms with van der Waals surface area (Å²) in [6, 6.07) is 6.50. The molecule has 5 rings (SSSR count). The molecule has 0 radical (unpaired) electrons. The Bertz CT molecular complexity index is 1250. The molecule has 2 aromatic rings. The van der Waals surface area contributed by atoms with Crippen LogP contribution in [0.2, 0.25) is 0 Å². The van der Waals surface area contributed by atoms with Crippen molar-refractivity contribution in [1.29, 1.82) is 0 Å². The molecule has 2 amide bonds. The number of halogens is 6. The lowest BCUT2D eigenvalue weighted by Gasteiger charge is -2.44. The van der Waals surface area contributed by atoms with Crippen molar-refractivity contribution in [3.63, 3.8) is 0 Å². The van der Waals surface area contributed by atoms with Crippen molar-refractivity contribution < 1.29 is 40.7 Å². The lowest BCUT2D eigenvalue weighted by atomic mass is 9.67. The number of hydrogen-bond donors (Lipinski definition) is 2. The number of primary amides is 1. The number of aromatic nitrogens is 2. The quantitative estimate of drug-likeness (QED) is 0.339. The summed E-state index contributed by atoms with van der Waals surface area (Å²) in [6.45, 7) is 2.19. The number of carbonyl (C=O) groups excluding carboxylic acids is 2. The summed E-state index contributed by atoms with van der Waals surface area (Å²) < 4.78 is 89.3. The number of alkyl halides is 6. The zero-order valence-corrected chi connectivity index (χ0v) is 22.0. The number of ether oxygens (including phenoxy) is 1. The van der Waals surface area contributed by atoms with E-state index in [2.05, 4.69) is 10.4 Å². The number of amides is 2. The predicted molar refractivity (Wildman–Crippen MR) is 131 cm³/mol. The largest absolute Gasteiger partial charge is 0.420 e. The van der Waals surface area contributed by atoms with E-state index in [4.69, 9.17) is 10.5 Å². The highest BCUT2D eigenvalue weighted by Gasteiger charge is 2.57. The van der Waals surface area contributed by atoms with E-state index in [1.165, 1.54) is 24.8 Å². The standard InChI is InChI=1S/C21H21F6N3OS.C4H7NO2/c1-18(9-20(23,24)10-18)11-30-15(17(31)28-12-4-3-5-13(8-12)32-2)14(21(25,26)27)16(29-30)19(22)6-7-19;5-4(6)3-1-7-2-3/h3-5,8H,6-7,9-11H2,1-2H3,(H,28,31);3H,1-2H2,(H2,5,6). The number of nitrogens with one attached hydrogen (secondary N) is 1. The molecule has 1 aliphatic heterocycles.